The molecule has 0 bridgehead atoms. The Labute approximate surface area is 222 Å². The summed E-state index contributed by atoms with van der Waals surface area (Å²) in [6, 6.07) is 9.18. The highest BCUT2D eigenvalue weighted by atomic mass is 32.1. The number of carbonyl (C=O) groups excluding carboxylic acids is 3. The minimum Gasteiger partial charge on any atom is -0.443 e. The van der Waals surface area contributed by atoms with Crippen molar-refractivity contribution in [2.24, 2.45) is 0 Å². The van der Waals surface area contributed by atoms with Crippen LogP contribution in [0.5, 0.6) is 0 Å². The van der Waals surface area contributed by atoms with E-state index in [4.69, 9.17) is 9.47 Å². The summed E-state index contributed by atoms with van der Waals surface area (Å²) in [5, 5.41) is 4.28. The quantitative estimate of drug-likeness (QED) is 0.395. The van der Waals surface area contributed by atoms with Crippen LogP contribution in [-0.2, 0) is 22.4 Å². The van der Waals surface area contributed by atoms with Gasteiger partial charge in [0.1, 0.15) is 11.2 Å². The molecule has 2 heterocycles. The van der Waals surface area contributed by atoms with Crippen LogP contribution in [-0.4, -0.2) is 34.3 Å². The van der Waals surface area contributed by atoms with E-state index in [9.17, 15) is 14.4 Å². The number of anilines is 1. The van der Waals surface area contributed by atoms with Crippen molar-refractivity contribution in [3.05, 3.63) is 57.4 Å². The molecule has 0 saturated heterocycles. The molecule has 9 heteroatoms. The fraction of sp³-hybridized carbons (Fsp3) is 0.429. The van der Waals surface area contributed by atoms with E-state index in [1.165, 1.54) is 22.4 Å². The van der Waals surface area contributed by atoms with Crippen LogP contribution >= 0.6 is 11.3 Å². The lowest BCUT2D eigenvalue weighted by atomic mass is 10.1. The van der Waals surface area contributed by atoms with Gasteiger partial charge in [-0.25, -0.2) is 14.6 Å². The molecule has 1 aromatic carbocycles. The monoisotopic (exact) mass is 525 g/mol. The summed E-state index contributed by atoms with van der Waals surface area (Å²) in [4.78, 5) is 45.9. The number of carbonyl (C=O) groups is 3. The third-order valence-corrected chi connectivity index (χ3v) is 6.57. The van der Waals surface area contributed by atoms with Gasteiger partial charge >= 0.3 is 12.2 Å². The highest BCUT2D eigenvalue weighted by Crippen LogP contribution is 2.29. The van der Waals surface area contributed by atoms with Crippen molar-refractivity contribution in [1.29, 1.82) is 0 Å². The number of imide groups is 1. The number of thiophene rings is 1. The number of ether oxygens (including phenoxy) is 2. The second-order valence-electron chi connectivity index (χ2n) is 10.7. The summed E-state index contributed by atoms with van der Waals surface area (Å²) in [5.41, 5.74) is 0.337. The average Bonchev–Trinajstić information content (AvgIpc) is 3.16. The van der Waals surface area contributed by atoms with Crippen LogP contribution in [0.3, 0.4) is 0 Å². The van der Waals surface area contributed by atoms with Crippen LogP contribution in [0.1, 0.15) is 74.1 Å². The van der Waals surface area contributed by atoms with Crippen molar-refractivity contribution in [3.63, 3.8) is 0 Å². The summed E-state index contributed by atoms with van der Waals surface area (Å²) in [6.45, 7) is 14.7. The molecule has 0 spiro atoms. The summed E-state index contributed by atoms with van der Waals surface area (Å²) in [7, 11) is 0. The van der Waals surface area contributed by atoms with Crippen LogP contribution in [0, 0.1) is 6.92 Å². The molecule has 1 N–H and O–H groups in total. The lowest BCUT2D eigenvalue weighted by Gasteiger charge is -2.28. The maximum atomic E-state index is 13.1. The van der Waals surface area contributed by atoms with Gasteiger partial charge in [-0.1, -0.05) is 19.1 Å². The van der Waals surface area contributed by atoms with Gasteiger partial charge in [0.25, 0.3) is 5.91 Å². The van der Waals surface area contributed by atoms with Gasteiger partial charge in [0.05, 0.1) is 4.88 Å². The smallest absolute Gasteiger partial charge is 0.425 e. The third kappa shape index (κ3) is 7.29. The molecule has 0 unspecified atom stereocenters. The Morgan fingerprint density at radius 1 is 0.973 bits per heavy atom. The van der Waals surface area contributed by atoms with Crippen molar-refractivity contribution in [3.8, 4) is 0 Å². The van der Waals surface area contributed by atoms with Crippen LogP contribution < -0.4 is 10.2 Å². The minimum absolute atomic E-state index is 0.109. The normalized spacial score (nSPS) is 11.8. The minimum atomic E-state index is -0.879. The molecule has 3 rings (SSSR count). The Balaban J connectivity index is 1.90. The highest BCUT2D eigenvalue weighted by Gasteiger charge is 2.34. The van der Waals surface area contributed by atoms with Crippen molar-refractivity contribution >= 4 is 46.0 Å². The molecule has 0 aliphatic carbocycles. The number of hydrogen-bond donors (Lipinski definition) is 1. The highest BCUT2D eigenvalue weighted by molar-refractivity contribution is 7.14. The molecule has 37 heavy (non-hydrogen) atoms. The number of amides is 3. The maximum Gasteiger partial charge on any atom is 0.425 e. The topological polar surface area (TPSA) is 97.8 Å². The SMILES string of the molecule is CCc1sc(C(=O)NCc2ccc3c(N(C(=O)OC(C)(C)C)C(=O)OC(C)(C)C)nccc3c2)cc1C. The van der Waals surface area contributed by atoms with E-state index in [2.05, 4.69) is 17.2 Å². The van der Waals surface area contributed by atoms with Crippen molar-refractivity contribution in [2.45, 2.75) is 79.6 Å². The molecule has 0 aliphatic rings. The van der Waals surface area contributed by atoms with Gasteiger partial charge in [-0.15, -0.1) is 11.3 Å². The zero-order valence-electron chi connectivity index (χ0n) is 22.7. The second kappa shape index (κ2) is 10.9. The molecule has 0 atom stereocenters. The number of hydrogen-bond acceptors (Lipinski definition) is 7. The van der Waals surface area contributed by atoms with E-state index >= 15 is 0 Å². The van der Waals surface area contributed by atoms with Gasteiger partial charge in [-0.05, 0) is 89.6 Å². The molecule has 0 radical (unpaired) electrons. The third-order valence-electron chi connectivity index (χ3n) is 5.19. The lowest BCUT2D eigenvalue weighted by Crippen LogP contribution is -2.44. The van der Waals surface area contributed by atoms with Crippen LogP contribution in [0.4, 0.5) is 15.4 Å². The molecule has 0 aliphatic heterocycles. The average molecular weight is 526 g/mol. The zero-order chi connectivity index (χ0) is 27.5. The van der Waals surface area contributed by atoms with Crippen molar-refractivity contribution < 1.29 is 23.9 Å². The van der Waals surface area contributed by atoms with Gasteiger partial charge in [-0.3, -0.25) is 4.79 Å². The predicted octanol–water partition coefficient (Wildman–Crippen LogP) is 6.77. The van der Waals surface area contributed by atoms with Gasteiger partial charge in [0.2, 0.25) is 0 Å². The Hall–Kier alpha value is -3.46. The lowest BCUT2D eigenvalue weighted by molar-refractivity contribution is 0.0429. The molecule has 8 nitrogen and oxygen atoms in total. The number of benzene rings is 1. The Morgan fingerprint density at radius 2 is 1.59 bits per heavy atom. The molecule has 2 aromatic heterocycles. The van der Waals surface area contributed by atoms with Crippen molar-refractivity contribution in [2.75, 3.05) is 4.90 Å². The number of fused-ring (bicyclic) bond motifs is 1. The number of rotatable bonds is 5. The van der Waals surface area contributed by atoms with Crippen molar-refractivity contribution in [1.82, 2.24) is 10.3 Å². The number of pyridine rings is 1. The van der Waals surface area contributed by atoms with E-state index in [-0.39, 0.29) is 11.7 Å². The summed E-state index contributed by atoms with van der Waals surface area (Å²) in [5.74, 6) is -0.0120. The van der Waals surface area contributed by atoms with Gasteiger partial charge in [-0.2, -0.15) is 4.90 Å². The molecule has 3 aromatic rings. The van der Waals surface area contributed by atoms with E-state index < -0.39 is 23.4 Å². The first-order valence-electron chi connectivity index (χ1n) is 12.2. The molecule has 0 saturated carbocycles. The first kappa shape index (κ1) is 28.1. The zero-order valence-corrected chi connectivity index (χ0v) is 23.5. The number of aryl methyl sites for hydroxylation is 2. The summed E-state index contributed by atoms with van der Waals surface area (Å²) >= 11 is 1.51. The number of nitrogens with one attached hydrogen (secondary N) is 1. The Kier molecular flexibility index (Phi) is 8.27. The molecule has 3 amide bonds. The fourth-order valence-corrected chi connectivity index (χ4v) is 4.64. The Morgan fingerprint density at radius 3 is 2.14 bits per heavy atom. The first-order chi connectivity index (χ1) is 17.2. The second-order valence-corrected chi connectivity index (χ2v) is 11.9. The van der Waals surface area contributed by atoms with Gasteiger partial charge in [0.15, 0.2) is 5.82 Å². The van der Waals surface area contributed by atoms with Gasteiger partial charge < -0.3 is 14.8 Å². The fourth-order valence-electron chi connectivity index (χ4n) is 3.61. The number of aromatic nitrogens is 1. The van der Waals surface area contributed by atoms with E-state index in [0.717, 1.165) is 27.8 Å². The summed E-state index contributed by atoms with van der Waals surface area (Å²) < 4.78 is 11.0. The van der Waals surface area contributed by atoms with Crippen LogP contribution in [0.15, 0.2) is 36.5 Å². The van der Waals surface area contributed by atoms with E-state index in [1.54, 1.807) is 53.7 Å². The molecule has 198 valence electrons. The van der Waals surface area contributed by atoms with E-state index in [1.807, 2.05) is 25.1 Å². The number of nitrogens with zero attached hydrogens (tertiary/aromatic N) is 2. The van der Waals surface area contributed by atoms with Crippen LogP contribution in [0.2, 0.25) is 0 Å². The predicted molar refractivity (Wildman–Crippen MR) is 146 cm³/mol. The van der Waals surface area contributed by atoms with E-state index in [0.29, 0.717) is 16.8 Å². The molecular formula is C28H35N3O5S. The van der Waals surface area contributed by atoms with Gasteiger partial charge in [0, 0.05) is 23.0 Å². The summed E-state index contributed by atoms with van der Waals surface area (Å²) in [6.07, 6.45) is 0.656. The molecular weight excluding hydrogens is 490 g/mol. The molecule has 0 fully saturated rings. The Bertz CT molecular complexity index is 1290. The van der Waals surface area contributed by atoms with Crippen LogP contribution in [0.25, 0.3) is 10.8 Å². The largest absolute Gasteiger partial charge is 0.443 e. The standard InChI is InChI=1S/C28H35N3O5S/c1-9-21-17(2)14-22(37-21)24(32)30-16-18-10-11-20-19(15-18)12-13-29-23(20)31(25(33)35-27(3,4)5)26(34)36-28(6,7)8/h10-15H,9,16H2,1-8H3,(H,30,32). The maximum absolute atomic E-state index is 13.1. The first-order valence-corrected chi connectivity index (χ1v) is 13.0.